The molecule has 2 heterocycles. The van der Waals surface area contributed by atoms with Gasteiger partial charge in [-0.25, -0.2) is 9.97 Å². The first-order valence-electron chi connectivity index (χ1n) is 6.39. The maximum absolute atomic E-state index is 4.48. The number of halogens is 1. The molecule has 0 saturated heterocycles. The van der Waals surface area contributed by atoms with Gasteiger partial charge in [-0.1, -0.05) is 19.1 Å². The summed E-state index contributed by atoms with van der Waals surface area (Å²) in [4.78, 5) is 13.0. The second kappa shape index (κ2) is 5.54. The Hall–Kier alpha value is -2.01. The van der Waals surface area contributed by atoms with Gasteiger partial charge in [0.2, 0.25) is 0 Å². The molecule has 0 atom stereocenters. The van der Waals surface area contributed by atoms with Crippen LogP contribution < -0.4 is 5.32 Å². The number of benzene rings is 1. The van der Waals surface area contributed by atoms with Crippen LogP contribution in [-0.4, -0.2) is 15.0 Å². The summed E-state index contributed by atoms with van der Waals surface area (Å²) in [5.41, 5.74) is 0.989. The molecule has 0 amide bonds. The Morgan fingerprint density at radius 2 is 2.10 bits per heavy atom. The summed E-state index contributed by atoms with van der Waals surface area (Å²) in [5, 5.41) is 5.56. The minimum absolute atomic E-state index is 0.778. The van der Waals surface area contributed by atoms with E-state index in [1.165, 1.54) is 0 Å². The van der Waals surface area contributed by atoms with Gasteiger partial charge in [0.15, 0.2) is 0 Å². The molecule has 0 spiro atoms. The highest BCUT2D eigenvalue weighted by atomic mass is 79.9. The van der Waals surface area contributed by atoms with Crippen LogP contribution in [0.1, 0.15) is 12.7 Å². The third-order valence-corrected chi connectivity index (χ3v) is 3.41. The van der Waals surface area contributed by atoms with Crippen molar-refractivity contribution in [1.29, 1.82) is 0 Å². The highest BCUT2D eigenvalue weighted by Crippen LogP contribution is 2.25. The molecule has 2 aromatic heterocycles. The number of hydrogen-bond acceptors (Lipinski definition) is 4. The monoisotopic (exact) mass is 328 g/mol. The topological polar surface area (TPSA) is 50.7 Å². The molecule has 3 rings (SSSR count). The zero-order chi connectivity index (χ0) is 13.9. The van der Waals surface area contributed by atoms with Crippen LogP contribution in [0.4, 0.5) is 11.5 Å². The van der Waals surface area contributed by atoms with Gasteiger partial charge in [0, 0.05) is 36.0 Å². The van der Waals surface area contributed by atoms with E-state index >= 15 is 0 Å². The van der Waals surface area contributed by atoms with Crippen LogP contribution >= 0.6 is 15.9 Å². The van der Waals surface area contributed by atoms with E-state index in [0.29, 0.717) is 0 Å². The Morgan fingerprint density at radius 3 is 2.95 bits per heavy atom. The van der Waals surface area contributed by atoms with Crippen molar-refractivity contribution in [3.05, 3.63) is 53.2 Å². The van der Waals surface area contributed by atoms with E-state index in [4.69, 9.17) is 0 Å². The van der Waals surface area contributed by atoms with E-state index in [9.17, 15) is 0 Å². The third kappa shape index (κ3) is 2.63. The Kier molecular flexibility index (Phi) is 3.60. The molecule has 0 bridgehead atoms. The van der Waals surface area contributed by atoms with Crippen molar-refractivity contribution in [3.8, 4) is 0 Å². The highest BCUT2D eigenvalue weighted by molar-refractivity contribution is 9.10. The van der Waals surface area contributed by atoms with Crippen LogP contribution in [0.25, 0.3) is 10.8 Å². The number of pyridine rings is 1. The number of aromatic nitrogens is 3. The molecule has 0 aliphatic heterocycles. The van der Waals surface area contributed by atoms with Gasteiger partial charge < -0.3 is 5.32 Å². The molecule has 0 fully saturated rings. The molecule has 20 heavy (non-hydrogen) atoms. The number of nitrogens with one attached hydrogen (secondary N) is 1. The number of anilines is 2. The number of nitrogens with zero attached hydrogens (tertiary/aromatic N) is 3. The van der Waals surface area contributed by atoms with Crippen LogP contribution in [0.3, 0.4) is 0 Å². The fourth-order valence-electron chi connectivity index (χ4n) is 2.05. The number of aryl methyl sites for hydroxylation is 1. The molecule has 0 aliphatic carbocycles. The van der Waals surface area contributed by atoms with Gasteiger partial charge in [0.1, 0.15) is 16.2 Å². The largest absolute Gasteiger partial charge is 0.340 e. The zero-order valence-electron chi connectivity index (χ0n) is 11.0. The fraction of sp³-hybridized carbons (Fsp3) is 0.133. The fourth-order valence-corrected chi connectivity index (χ4v) is 2.47. The van der Waals surface area contributed by atoms with Crippen molar-refractivity contribution < 1.29 is 0 Å². The molecule has 100 valence electrons. The predicted molar refractivity (Wildman–Crippen MR) is 84.1 cm³/mol. The molecule has 1 N–H and O–H groups in total. The van der Waals surface area contributed by atoms with Crippen molar-refractivity contribution in [2.24, 2.45) is 0 Å². The third-order valence-electron chi connectivity index (χ3n) is 3.00. The minimum atomic E-state index is 0.778. The molecule has 0 radical (unpaired) electrons. The predicted octanol–water partition coefficient (Wildman–Crippen LogP) is 4.09. The maximum Gasteiger partial charge on any atom is 0.135 e. The van der Waals surface area contributed by atoms with Crippen molar-refractivity contribution in [2.45, 2.75) is 13.3 Å². The second-order valence-corrected chi connectivity index (χ2v) is 5.19. The van der Waals surface area contributed by atoms with E-state index in [0.717, 1.165) is 39.1 Å². The molecule has 1 aromatic carbocycles. The van der Waals surface area contributed by atoms with Crippen molar-refractivity contribution in [1.82, 2.24) is 15.0 Å². The lowest BCUT2D eigenvalue weighted by molar-refractivity contribution is 0.931. The van der Waals surface area contributed by atoms with Gasteiger partial charge >= 0.3 is 0 Å². The molecule has 0 saturated carbocycles. The van der Waals surface area contributed by atoms with Crippen molar-refractivity contribution >= 4 is 38.2 Å². The second-order valence-electron chi connectivity index (χ2n) is 4.37. The van der Waals surface area contributed by atoms with Crippen LogP contribution in [0.15, 0.2) is 47.3 Å². The Labute approximate surface area is 125 Å². The Balaban J connectivity index is 2.03. The van der Waals surface area contributed by atoms with Gasteiger partial charge in [-0.3, -0.25) is 4.98 Å². The number of hydrogen-bond donors (Lipinski definition) is 1. The first-order chi connectivity index (χ1) is 9.76. The minimum Gasteiger partial charge on any atom is -0.340 e. The van der Waals surface area contributed by atoms with Crippen LogP contribution in [-0.2, 0) is 6.42 Å². The summed E-state index contributed by atoms with van der Waals surface area (Å²) in [5.74, 6) is 1.58. The first-order valence-corrected chi connectivity index (χ1v) is 7.19. The van der Waals surface area contributed by atoms with E-state index in [-0.39, 0.29) is 0 Å². The molecule has 0 aliphatic rings. The van der Waals surface area contributed by atoms with Crippen LogP contribution in [0.2, 0.25) is 0 Å². The SMILES string of the molecule is CCc1nc(Br)cc(Nc2cccc3ccncc23)n1. The van der Waals surface area contributed by atoms with E-state index in [1.54, 1.807) is 6.20 Å². The summed E-state index contributed by atoms with van der Waals surface area (Å²) in [6.45, 7) is 2.04. The smallest absolute Gasteiger partial charge is 0.135 e. The molecule has 4 nitrogen and oxygen atoms in total. The molecule has 3 aromatic rings. The Morgan fingerprint density at radius 1 is 1.20 bits per heavy atom. The standard InChI is InChI=1S/C15H13BrN4/c1-2-14-19-13(16)8-15(20-14)18-12-5-3-4-10-6-7-17-9-11(10)12/h3-9H,2H2,1H3,(H,18,19,20). The lowest BCUT2D eigenvalue weighted by Crippen LogP contribution is -2.00. The normalized spacial score (nSPS) is 10.7. The van der Waals surface area contributed by atoms with Crippen LogP contribution in [0, 0.1) is 0 Å². The summed E-state index contributed by atoms with van der Waals surface area (Å²) in [7, 11) is 0. The van der Waals surface area contributed by atoms with E-state index < -0.39 is 0 Å². The summed E-state index contributed by atoms with van der Waals surface area (Å²) < 4.78 is 0.783. The van der Waals surface area contributed by atoms with Crippen molar-refractivity contribution in [2.75, 3.05) is 5.32 Å². The lowest BCUT2D eigenvalue weighted by atomic mass is 10.1. The average molecular weight is 329 g/mol. The van der Waals surface area contributed by atoms with Gasteiger partial charge in [-0.05, 0) is 33.4 Å². The van der Waals surface area contributed by atoms with Gasteiger partial charge in [-0.15, -0.1) is 0 Å². The van der Waals surface area contributed by atoms with Gasteiger partial charge in [0.25, 0.3) is 0 Å². The van der Waals surface area contributed by atoms with E-state index in [2.05, 4.69) is 42.3 Å². The summed E-state index contributed by atoms with van der Waals surface area (Å²) in [6, 6.07) is 9.96. The lowest BCUT2D eigenvalue weighted by Gasteiger charge is -2.10. The highest BCUT2D eigenvalue weighted by Gasteiger charge is 2.05. The quantitative estimate of drug-likeness (QED) is 0.735. The molecular weight excluding hydrogens is 316 g/mol. The molecule has 5 heteroatoms. The number of rotatable bonds is 3. The zero-order valence-corrected chi connectivity index (χ0v) is 12.6. The van der Waals surface area contributed by atoms with E-state index in [1.807, 2.05) is 37.4 Å². The van der Waals surface area contributed by atoms with Gasteiger partial charge in [0.05, 0.1) is 0 Å². The first kappa shape index (κ1) is 13.0. The summed E-state index contributed by atoms with van der Waals surface area (Å²) >= 11 is 3.41. The maximum atomic E-state index is 4.48. The Bertz CT molecular complexity index is 752. The summed E-state index contributed by atoms with van der Waals surface area (Å²) in [6.07, 6.45) is 4.45. The number of fused-ring (bicyclic) bond motifs is 1. The van der Waals surface area contributed by atoms with Crippen LogP contribution in [0.5, 0.6) is 0 Å². The molecular formula is C15H13BrN4. The van der Waals surface area contributed by atoms with Gasteiger partial charge in [-0.2, -0.15) is 0 Å². The van der Waals surface area contributed by atoms with Crippen molar-refractivity contribution in [3.63, 3.8) is 0 Å². The molecule has 0 unspecified atom stereocenters. The average Bonchev–Trinajstić information content (AvgIpc) is 2.47.